The Bertz CT molecular complexity index is 419. The van der Waals surface area contributed by atoms with Gasteiger partial charge in [-0.1, -0.05) is 13.3 Å². The summed E-state index contributed by atoms with van der Waals surface area (Å²) in [5.74, 6) is 2.36. The highest BCUT2D eigenvalue weighted by atomic mass is 32.2. The SMILES string of the molecule is C[C@]12CCC[C@H]1CN(CSc1ccc(O)cc1)C2. The fourth-order valence-corrected chi connectivity index (χ4v) is 4.38. The van der Waals surface area contributed by atoms with Gasteiger partial charge in [-0.2, -0.15) is 0 Å². The second-order valence-electron chi connectivity index (χ2n) is 6.02. The Labute approximate surface area is 113 Å². The predicted octanol–water partition coefficient (Wildman–Crippen LogP) is 3.56. The van der Waals surface area contributed by atoms with Gasteiger partial charge in [0.2, 0.25) is 0 Å². The van der Waals surface area contributed by atoms with E-state index in [9.17, 15) is 5.11 Å². The van der Waals surface area contributed by atoms with E-state index in [-0.39, 0.29) is 0 Å². The first kappa shape index (κ1) is 12.4. The molecule has 1 N–H and O–H groups in total. The minimum Gasteiger partial charge on any atom is -0.508 e. The Kier molecular flexibility index (Phi) is 3.29. The van der Waals surface area contributed by atoms with Gasteiger partial charge >= 0.3 is 0 Å². The van der Waals surface area contributed by atoms with Gasteiger partial charge in [0.25, 0.3) is 0 Å². The highest BCUT2D eigenvalue weighted by molar-refractivity contribution is 7.99. The first-order valence-corrected chi connectivity index (χ1v) is 7.78. The number of thioether (sulfide) groups is 1. The van der Waals surface area contributed by atoms with Gasteiger partial charge in [-0.05, 0) is 48.4 Å². The summed E-state index contributed by atoms with van der Waals surface area (Å²) in [6.45, 7) is 5.01. The van der Waals surface area contributed by atoms with Gasteiger partial charge in [-0.25, -0.2) is 0 Å². The molecular formula is C15H21NOS. The topological polar surface area (TPSA) is 23.5 Å². The summed E-state index contributed by atoms with van der Waals surface area (Å²) in [6.07, 6.45) is 4.27. The standard InChI is InChI=1S/C15H21NOS/c1-15-8-2-3-12(15)9-16(10-15)11-18-14-6-4-13(17)5-7-14/h4-7,12,17H,2-3,8-11H2,1H3/t12-,15+/m0/s1. The molecule has 1 aliphatic carbocycles. The van der Waals surface area contributed by atoms with E-state index in [1.165, 1.54) is 37.2 Å². The van der Waals surface area contributed by atoms with E-state index < -0.39 is 0 Å². The normalized spacial score (nSPS) is 31.7. The van der Waals surface area contributed by atoms with E-state index in [2.05, 4.69) is 11.8 Å². The third-order valence-corrected chi connectivity index (χ3v) is 5.70. The Morgan fingerprint density at radius 3 is 2.89 bits per heavy atom. The number of rotatable bonds is 3. The number of hydrogen-bond donors (Lipinski definition) is 1. The number of fused-ring (bicyclic) bond motifs is 1. The molecule has 98 valence electrons. The molecule has 3 rings (SSSR count). The minimum absolute atomic E-state index is 0.350. The molecule has 2 atom stereocenters. The number of benzene rings is 1. The summed E-state index contributed by atoms with van der Waals surface area (Å²) in [4.78, 5) is 3.84. The molecule has 0 aromatic heterocycles. The molecular weight excluding hydrogens is 242 g/mol. The van der Waals surface area contributed by atoms with Gasteiger partial charge in [-0.15, -0.1) is 11.8 Å². The van der Waals surface area contributed by atoms with E-state index in [4.69, 9.17) is 0 Å². The summed E-state index contributed by atoms with van der Waals surface area (Å²) in [7, 11) is 0. The smallest absolute Gasteiger partial charge is 0.115 e. The molecule has 2 aliphatic rings. The number of likely N-dealkylation sites (tertiary alicyclic amines) is 1. The van der Waals surface area contributed by atoms with Crippen LogP contribution in [-0.4, -0.2) is 29.0 Å². The largest absolute Gasteiger partial charge is 0.508 e. The molecule has 1 aromatic carbocycles. The fraction of sp³-hybridized carbons (Fsp3) is 0.600. The lowest BCUT2D eigenvalue weighted by molar-refractivity contribution is 0.284. The summed E-state index contributed by atoms with van der Waals surface area (Å²) in [5, 5.41) is 9.26. The molecule has 0 radical (unpaired) electrons. The maximum Gasteiger partial charge on any atom is 0.115 e. The Morgan fingerprint density at radius 2 is 2.17 bits per heavy atom. The van der Waals surface area contributed by atoms with E-state index >= 15 is 0 Å². The van der Waals surface area contributed by atoms with Crippen LogP contribution >= 0.6 is 11.8 Å². The molecule has 1 heterocycles. The van der Waals surface area contributed by atoms with Gasteiger partial charge in [-0.3, -0.25) is 4.90 Å². The molecule has 1 saturated carbocycles. The van der Waals surface area contributed by atoms with Gasteiger partial charge in [0, 0.05) is 23.9 Å². The molecule has 0 bridgehead atoms. The quantitative estimate of drug-likeness (QED) is 0.843. The second kappa shape index (κ2) is 4.78. The zero-order chi connectivity index (χ0) is 12.6. The first-order valence-electron chi connectivity index (χ1n) is 6.80. The molecule has 0 unspecified atom stereocenters. The highest BCUT2D eigenvalue weighted by Gasteiger charge is 2.45. The van der Waals surface area contributed by atoms with Crippen LogP contribution in [0.2, 0.25) is 0 Å². The molecule has 1 saturated heterocycles. The monoisotopic (exact) mass is 263 g/mol. The maximum atomic E-state index is 9.26. The van der Waals surface area contributed by atoms with E-state index in [1.54, 1.807) is 12.1 Å². The lowest BCUT2D eigenvalue weighted by atomic mass is 9.83. The Balaban J connectivity index is 1.54. The zero-order valence-corrected chi connectivity index (χ0v) is 11.7. The predicted molar refractivity (Wildman–Crippen MR) is 75.9 cm³/mol. The van der Waals surface area contributed by atoms with Crippen molar-refractivity contribution in [2.45, 2.75) is 31.1 Å². The van der Waals surface area contributed by atoms with Crippen LogP contribution in [0.25, 0.3) is 0 Å². The molecule has 0 spiro atoms. The van der Waals surface area contributed by atoms with Crippen LogP contribution in [0.3, 0.4) is 0 Å². The number of phenols is 1. The van der Waals surface area contributed by atoms with Crippen LogP contribution in [0.15, 0.2) is 29.2 Å². The third-order valence-electron chi connectivity index (χ3n) is 4.60. The van der Waals surface area contributed by atoms with Crippen molar-refractivity contribution in [3.63, 3.8) is 0 Å². The second-order valence-corrected chi connectivity index (χ2v) is 7.04. The van der Waals surface area contributed by atoms with E-state index in [0.717, 1.165) is 11.8 Å². The minimum atomic E-state index is 0.350. The van der Waals surface area contributed by atoms with Crippen molar-refractivity contribution in [1.29, 1.82) is 0 Å². The molecule has 1 aliphatic heterocycles. The number of nitrogens with zero attached hydrogens (tertiary/aromatic N) is 1. The third kappa shape index (κ3) is 2.39. The molecule has 3 heteroatoms. The number of aromatic hydroxyl groups is 1. The Morgan fingerprint density at radius 1 is 1.39 bits per heavy atom. The van der Waals surface area contributed by atoms with Gasteiger partial charge < -0.3 is 5.11 Å². The lowest BCUT2D eigenvalue weighted by Crippen LogP contribution is -2.24. The van der Waals surface area contributed by atoms with E-state index in [1.807, 2.05) is 23.9 Å². The van der Waals surface area contributed by atoms with Crippen LogP contribution < -0.4 is 0 Å². The fourth-order valence-electron chi connectivity index (χ4n) is 3.52. The van der Waals surface area contributed by atoms with Crippen molar-refractivity contribution in [3.8, 4) is 5.75 Å². The molecule has 2 fully saturated rings. The summed E-state index contributed by atoms with van der Waals surface area (Å²) < 4.78 is 0. The number of hydrogen-bond acceptors (Lipinski definition) is 3. The lowest BCUT2D eigenvalue weighted by Gasteiger charge is -2.23. The van der Waals surface area contributed by atoms with Crippen molar-refractivity contribution in [2.24, 2.45) is 11.3 Å². The van der Waals surface area contributed by atoms with Crippen LogP contribution in [0, 0.1) is 11.3 Å². The van der Waals surface area contributed by atoms with Crippen molar-refractivity contribution in [3.05, 3.63) is 24.3 Å². The maximum absolute atomic E-state index is 9.26. The van der Waals surface area contributed by atoms with Crippen LogP contribution in [0.1, 0.15) is 26.2 Å². The van der Waals surface area contributed by atoms with Crippen LogP contribution in [0.4, 0.5) is 0 Å². The summed E-state index contributed by atoms with van der Waals surface area (Å²) >= 11 is 1.88. The van der Waals surface area contributed by atoms with E-state index in [0.29, 0.717) is 11.2 Å². The highest BCUT2D eigenvalue weighted by Crippen LogP contribution is 2.48. The molecule has 0 amide bonds. The van der Waals surface area contributed by atoms with Gasteiger partial charge in [0.15, 0.2) is 0 Å². The average molecular weight is 263 g/mol. The van der Waals surface area contributed by atoms with Gasteiger partial charge in [0.05, 0.1) is 0 Å². The van der Waals surface area contributed by atoms with Crippen LogP contribution in [-0.2, 0) is 0 Å². The summed E-state index contributed by atoms with van der Waals surface area (Å²) in [5.41, 5.74) is 0.593. The zero-order valence-electron chi connectivity index (χ0n) is 10.9. The number of phenolic OH excluding ortho intramolecular Hbond substituents is 1. The Hall–Kier alpha value is -0.670. The van der Waals surface area contributed by atoms with Crippen molar-refractivity contribution in [2.75, 3.05) is 19.0 Å². The van der Waals surface area contributed by atoms with Gasteiger partial charge in [0.1, 0.15) is 5.75 Å². The molecule has 1 aromatic rings. The molecule has 2 nitrogen and oxygen atoms in total. The van der Waals surface area contributed by atoms with Crippen LogP contribution in [0.5, 0.6) is 5.75 Å². The average Bonchev–Trinajstić information content (AvgIpc) is 2.83. The molecule has 18 heavy (non-hydrogen) atoms. The summed E-state index contributed by atoms with van der Waals surface area (Å²) in [6, 6.07) is 7.53. The van der Waals surface area contributed by atoms with Crippen molar-refractivity contribution in [1.82, 2.24) is 4.90 Å². The first-order chi connectivity index (χ1) is 8.66. The van der Waals surface area contributed by atoms with Crippen molar-refractivity contribution < 1.29 is 5.11 Å². The van der Waals surface area contributed by atoms with Crippen molar-refractivity contribution >= 4 is 11.8 Å².